The summed E-state index contributed by atoms with van der Waals surface area (Å²) in [6, 6.07) is 7.29. The Kier molecular flexibility index (Phi) is 3.50. The summed E-state index contributed by atoms with van der Waals surface area (Å²) in [5.74, 6) is 0.903. The molecule has 5 heteroatoms. The molecule has 0 N–H and O–H groups in total. The monoisotopic (exact) mass is 249 g/mol. The van der Waals surface area contributed by atoms with E-state index in [1.54, 1.807) is 7.11 Å². The summed E-state index contributed by atoms with van der Waals surface area (Å²) in [4.78, 5) is 15.6. The van der Waals surface area contributed by atoms with E-state index in [1.165, 1.54) is 7.11 Å². The zero-order valence-electron chi connectivity index (χ0n) is 10.5. The van der Waals surface area contributed by atoms with Crippen LogP contribution in [0.3, 0.4) is 0 Å². The van der Waals surface area contributed by atoms with E-state index in [1.807, 2.05) is 31.2 Å². The maximum absolute atomic E-state index is 11.3. The second kappa shape index (κ2) is 5.08. The van der Waals surface area contributed by atoms with E-state index in [0.29, 0.717) is 5.90 Å². The van der Waals surface area contributed by atoms with Crippen LogP contribution in [-0.2, 0) is 14.3 Å². The average molecular weight is 249 g/mol. The van der Waals surface area contributed by atoms with Crippen LogP contribution >= 0.6 is 0 Å². The molecule has 1 aromatic rings. The van der Waals surface area contributed by atoms with Crippen LogP contribution in [0.25, 0.3) is 0 Å². The molecule has 0 aliphatic carbocycles. The largest absolute Gasteiger partial charge is 0.497 e. The van der Waals surface area contributed by atoms with E-state index >= 15 is 0 Å². The first-order chi connectivity index (χ1) is 8.65. The van der Waals surface area contributed by atoms with Crippen LogP contribution in [-0.4, -0.2) is 32.2 Å². The quantitative estimate of drug-likeness (QED) is 0.768. The zero-order valence-corrected chi connectivity index (χ0v) is 10.5. The Morgan fingerprint density at radius 1 is 1.28 bits per heavy atom. The van der Waals surface area contributed by atoms with Gasteiger partial charge in [-0.1, -0.05) is 0 Å². The van der Waals surface area contributed by atoms with Crippen LogP contribution in [0.4, 0.5) is 5.69 Å². The smallest absolute Gasteiger partial charge is 0.347 e. The Bertz CT molecular complexity index is 466. The van der Waals surface area contributed by atoms with Crippen molar-refractivity contribution in [3.63, 3.8) is 0 Å². The van der Waals surface area contributed by atoms with E-state index in [9.17, 15) is 4.79 Å². The first-order valence-corrected chi connectivity index (χ1v) is 5.63. The molecule has 1 saturated heterocycles. The SMILES string of the molecule is COC(=O)[C@H]1OC(=Nc2ccc(OC)cc2)[C@H]1C. The van der Waals surface area contributed by atoms with Crippen molar-refractivity contribution in [3.8, 4) is 5.75 Å². The van der Waals surface area contributed by atoms with Gasteiger partial charge < -0.3 is 14.2 Å². The van der Waals surface area contributed by atoms with E-state index < -0.39 is 6.10 Å². The topological polar surface area (TPSA) is 57.1 Å². The number of rotatable bonds is 3. The number of nitrogens with zero attached hydrogens (tertiary/aromatic N) is 1. The van der Waals surface area contributed by atoms with Crippen molar-refractivity contribution in [1.82, 2.24) is 0 Å². The Labute approximate surface area is 105 Å². The van der Waals surface area contributed by atoms with E-state index in [-0.39, 0.29) is 11.9 Å². The van der Waals surface area contributed by atoms with Gasteiger partial charge in [0.1, 0.15) is 5.75 Å². The number of carbonyl (C=O) groups excluding carboxylic acids is 1. The third-order valence-corrected chi connectivity index (χ3v) is 2.84. The van der Waals surface area contributed by atoms with Gasteiger partial charge in [-0.3, -0.25) is 0 Å². The molecular weight excluding hydrogens is 234 g/mol. The fourth-order valence-electron chi connectivity index (χ4n) is 1.68. The molecule has 96 valence electrons. The highest BCUT2D eigenvalue weighted by Gasteiger charge is 2.42. The average Bonchev–Trinajstić information content (AvgIpc) is 2.42. The summed E-state index contributed by atoms with van der Waals surface area (Å²) in [5, 5.41) is 0. The zero-order chi connectivity index (χ0) is 13.1. The highest BCUT2D eigenvalue weighted by Crippen LogP contribution is 2.27. The summed E-state index contributed by atoms with van der Waals surface area (Å²) >= 11 is 0. The lowest BCUT2D eigenvalue weighted by atomic mass is 9.99. The van der Waals surface area contributed by atoms with Gasteiger partial charge in [-0.15, -0.1) is 0 Å². The molecule has 1 fully saturated rings. The molecule has 0 spiro atoms. The first kappa shape index (κ1) is 12.4. The summed E-state index contributed by atoms with van der Waals surface area (Å²) in [6.45, 7) is 1.88. The van der Waals surface area contributed by atoms with Crippen molar-refractivity contribution in [1.29, 1.82) is 0 Å². The number of carbonyl (C=O) groups is 1. The highest BCUT2D eigenvalue weighted by molar-refractivity contribution is 5.95. The van der Waals surface area contributed by atoms with Crippen LogP contribution in [0.2, 0.25) is 0 Å². The number of hydrogen-bond donors (Lipinski definition) is 0. The Morgan fingerprint density at radius 3 is 2.44 bits per heavy atom. The van der Waals surface area contributed by atoms with E-state index in [0.717, 1.165) is 11.4 Å². The van der Waals surface area contributed by atoms with Crippen LogP contribution in [0.1, 0.15) is 6.92 Å². The predicted molar refractivity (Wildman–Crippen MR) is 66.1 cm³/mol. The molecule has 1 aliphatic rings. The van der Waals surface area contributed by atoms with Gasteiger partial charge in [0, 0.05) is 0 Å². The van der Waals surface area contributed by atoms with Gasteiger partial charge >= 0.3 is 5.97 Å². The summed E-state index contributed by atoms with van der Waals surface area (Å²) in [7, 11) is 2.95. The van der Waals surface area contributed by atoms with Crippen molar-refractivity contribution >= 4 is 17.6 Å². The van der Waals surface area contributed by atoms with E-state index in [4.69, 9.17) is 9.47 Å². The van der Waals surface area contributed by atoms with Gasteiger partial charge in [-0.2, -0.15) is 0 Å². The Hall–Kier alpha value is -2.04. The van der Waals surface area contributed by atoms with Crippen molar-refractivity contribution in [2.45, 2.75) is 13.0 Å². The fraction of sp³-hybridized carbons (Fsp3) is 0.385. The maximum atomic E-state index is 11.3. The summed E-state index contributed by atoms with van der Waals surface area (Å²) < 4.78 is 15.0. The number of esters is 1. The molecule has 1 aromatic carbocycles. The lowest BCUT2D eigenvalue weighted by Crippen LogP contribution is -2.48. The molecule has 0 aromatic heterocycles. The summed E-state index contributed by atoms with van der Waals surface area (Å²) in [5.41, 5.74) is 0.765. The third-order valence-electron chi connectivity index (χ3n) is 2.84. The predicted octanol–water partition coefficient (Wildman–Crippen LogP) is 1.93. The minimum Gasteiger partial charge on any atom is -0.497 e. The number of benzene rings is 1. The molecule has 18 heavy (non-hydrogen) atoms. The lowest BCUT2D eigenvalue weighted by Gasteiger charge is -2.33. The number of aliphatic imine (C=N–C) groups is 1. The molecule has 1 heterocycles. The second-order valence-corrected chi connectivity index (χ2v) is 4.00. The lowest BCUT2D eigenvalue weighted by molar-refractivity contribution is -0.155. The Balaban J connectivity index is 2.05. The van der Waals surface area contributed by atoms with Gasteiger partial charge in [0.15, 0.2) is 5.90 Å². The molecule has 0 amide bonds. The van der Waals surface area contributed by atoms with Crippen LogP contribution in [0, 0.1) is 5.92 Å². The fourth-order valence-corrected chi connectivity index (χ4v) is 1.68. The molecule has 0 bridgehead atoms. The van der Waals surface area contributed by atoms with E-state index in [2.05, 4.69) is 9.73 Å². The third kappa shape index (κ3) is 2.30. The van der Waals surface area contributed by atoms with Crippen LogP contribution < -0.4 is 4.74 Å². The minimum atomic E-state index is -0.535. The number of ether oxygens (including phenoxy) is 3. The molecule has 0 saturated carbocycles. The molecule has 2 rings (SSSR count). The number of hydrogen-bond acceptors (Lipinski definition) is 5. The maximum Gasteiger partial charge on any atom is 0.347 e. The molecule has 2 atom stereocenters. The summed E-state index contributed by atoms with van der Waals surface area (Å²) in [6.07, 6.45) is -0.535. The standard InChI is InChI=1S/C13H15NO4/c1-8-11(13(15)17-3)18-12(8)14-9-4-6-10(16-2)7-5-9/h4-8,11H,1-3H3/t8-,11-/m0/s1. The minimum absolute atomic E-state index is 0.0560. The molecule has 0 unspecified atom stereocenters. The molecular formula is C13H15NO4. The van der Waals surface area contributed by atoms with Crippen LogP contribution in [0.5, 0.6) is 5.75 Å². The second-order valence-electron chi connectivity index (χ2n) is 4.00. The molecule has 1 aliphatic heterocycles. The van der Waals surface area contributed by atoms with Crippen molar-refractivity contribution in [2.75, 3.05) is 14.2 Å². The van der Waals surface area contributed by atoms with Crippen LogP contribution in [0.15, 0.2) is 29.3 Å². The highest BCUT2D eigenvalue weighted by atomic mass is 16.6. The van der Waals surface area contributed by atoms with Gasteiger partial charge in [0.05, 0.1) is 25.8 Å². The molecule has 0 radical (unpaired) electrons. The normalized spacial score (nSPS) is 24.1. The van der Waals surface area contributed by atoms with Gasteiger partial charge in [-0.05, 0) is 31.2 Å². The van der Waals surface area contributed by atoms with Crippen molar-refractivity contribution < 1.29 is 19.0 Å². The van der Waals surface area contributed by atoms with Crippen molar-refractivity contribution in [3.05, 3.63) is 24.3 Å². The Morgan fingerprint density at radius 2 is 1.94 bits per heavy atom. The number of methoxy groups -OCH3 is 2. The van der Waals surface area contributed by atoms with Gasteiger partial charge in [0.2, 0.25) is 6.10 Å². The molecule has 5 nitrogen and oxygen atoms in total. The van der Waals surface area contributed by atoms with Crippen molar-refractivity contribution in [2.24, 2.45) is 10.9 Å². The first-order valence-electron chi connectivity index (χ1n) is 5.63. The van der Waals surface area contributed by atoms with Gasteiger partial charge in [0.25, 0.3) is 0 Å². The van der Waals surface area contributed by atoms with Gasteiger partial charge in [-0.25, -0.2) is 9.79 Å².